The SMILES string of the molecule is CC1(c2ccn(C(F)F)n2)CC(C(=O)Nc2cnc(-n3nccn3)c(Cl)c2)c2cnc3cc(F)nn3c21. The fraction of sp³-hybridized carbons (Fsp3) is 0.227. The molecule has 2 unspecified atom stereocenters. The van der Waals surface area contributed by atoms with Gasteiger partial charge in [0, 0.05) is 24.0 Å². The molecule has 11 nitrogen and oxygen atoms in total. The molecule has 188 valence electrons. The van der Waals surface area contributed by atoms with Gasteiger partial charge in [-0.2, -0.15) is 28.5 Å². The quantitative estimate of drug-likeness (QED) is 0.370. The standard InChI is InChI=1S/C22H16ClF3N10O/c1-22(15-2-5-34(32-15)21(25)26)8-12(13-10-27-17-7-16(24)33-35(17)18(13)22)20(37)31-11-6-14(23)19(28-9-11)36-29-3-4-30-36/h2-7,9-10,12,21H,8H2,1H3,(H,31,37). The van der Waals surface area contributed by atoms with Crippen molar-refractivity contribution >= 4 is 28.8 Å². The molecule has 0 saturated carbocycles. The second-order valence-corrected chi connectivity index (χ2v) is 9.09. The molecular formula is C22H16ClF3N10O. The van der Waals surface area contributed by atoms with Gasteiger partial charge < -0.3 is 5.32 Å². The maximum Gasteiger partial charge on any atom is 0.333 e. The van der Waals surface area contributed by atoms with E-state index in [1.165, 1.54) is 46.2 Å². The van der Waals surface area contributed by atoms with Gasteiger partial charge in [0.05, 0.1) is 52.0 Å². The number of anilines is 1. The third-order valence-corrected chi connectivity index (χ3v) is 6.66. The molecule has 0 fully saturated rings. The van der Waals surface area contributed by atoms with Crippen molar-refractivity contribution in [3.63, 3.8) is 0 Å². The summed E-state index contributed by atoms with van der Waals surface area (Å²) in [5.41, 5.74) is 0.685. The van der Waals surface area contributed by atoms with Gasteiger partial charge >= 0.3 is 6.55 Å². The lowest BCUT2D eigenvalue weighted by Gasteiger charge is -2.23. The Kier molecular flexibility index (Phi) is 5.22. The molecule has 37 heavy (non-hydrogen) atoms. The molecule has 15 heteroatoms. The first-order valence-electron chi connectivity index (χ1n) is 11.0. The number of aromatic nitrogens is 9. The highest BCUT2D eigenvalue weighted by Crippen LogP contribution is 2.49. The van der Waals surface area contributed by atoms with Crippen LogP contribution in [0.4, 0.5) is 18.9 Å². The molecule has 5 aromatic heterocycles. The summed E-state index contributed by atoms with van der Waals surface area (Å²) in [6.45, 7) is -1.09. The van der Waals surface area contributed by atoms with Crippen molar-refractivity contribution < 1.29 is 18.0 Å². The smallest absolute Gasteiger partial charge is 0.324 e. The van der Waals surface area contributed by atoms with Gasteiger partial charge in [-0.3, -0.25) is 4.79 Å². The summed E-state index contributed by atoms with van der Waals surface area (Å²) in [4.78, 5) is 23.2. The highest BCUT2D eigenvalue weighted by molar-refractivity contribution is 6.32. The van der Waals surface area contributed by atoms with Crippen LogP contribution in [0.5, 0.6) is 0 Å². The zero-order chi connectivity index (χ0) is 25.9. The number of pyridine rings is 1. The number of alkyl halides is 2. The number of hydrogen-bond acceptors (Lipinski definition) is 7. The third-order valence-electron chi connectivity index (χ3n) is 6.38. The Hall–Kier alpha value is -4.33. The molecule has 6 rings (SSSR count). The molecule has 1 aliphatic carbocycles. The van der Waals surface area contributed by atoms with Gasteiger partial charge in [0.25, 0.3) is 0 Å². The van der Waals surface area contributed by atoms with Gasteiger partial charge in [-0.1, -0.05) is 11.6 Å². The van der Waals surface area contributed by atoms with Crippen molar-refractivity contribution in [3.8, 4) is 5.82 Å². The second kappa shape index (κ2) is 8.37. The first kappa shape index (κ1) is 23.1. The molecular weight excluding hydrogens is 513 g/mol. The number of halogens is 4. The zero-order valence-electron chi connectivity index (χ0n) is 18.9. The van der Waals surface area contributed by atoms with E-state index in [4.69, 9.17) is 11.6 Å². The number of rotatable bonds is 5. The number of carbonyl (C=O) groups excluding carboxylic acids is 1. The Bertz CT molecular complexity index is 1650. The molecule has 1 N–H and O–H groups in total. The largest absolute Gasteiger partial charge is 0.333 e. The van der Waals surface area contributed by atoms with Crippen LogP contribution in [0.3, 0.4) is 0 Å². The minimum absolute atomic E-state index is 0.146. The predicted molar refractivity (Wildman–Crippen MR) is 123 cm³/mol. The summed E-state index contributed by atoms with van der Waals surface area (Å²) in [7, 11) is 0. The molecule has 1 aliphatic rings. The summed E-state index contributed by atoms with van der Waals surface area (Å²) in [6.07, 6.45) is 7.14. The second-order valence-electron chi connectivity index (χ2n) is 8.68. The topological polar surface area (TPSA) is 121 Å². The van der Waals surface area contributed by atoms with Crippen LogP contribution < -0.4 is 5.32 Å². The van der Waals surface area contributed by atoms with Crippen LogP contribution in [-0.4, -0.2) is 50.3 Å². The number of amides is 1. The molecule has 0 spiro atoms. The molecule has 0 radical (unpaired) electrons. The highest BCUT2D eigenvalue weighted by atomic mass is 35.5. The van der Waals surface area contributed by atoms with E-state index in [1.54, 1.807) is 6.92 Å². The van der Waals surface area contributed by atoms with Crippen molar-refractivity contribution in [2.45, 2.75) is 31.2 Å². The minimum Gasteiger partial charge on any atom is -0.324 e. The van der Waals surface area contributed by atoms with Gasteiger partial charge in [-0.25, -0.2) is 19.2 Å². The van der Waals surface area contributed by atoms with Gasteiger partial charge in [0.2, 0.25) is 11.9 Å². The van der Waals surface area contributed by atoms with Crippen molar-refractivity contribution in [1.82, 2.24) is 44.4 Å². The number of fused-ring (bicyclic) bond motifs is 3. The van der Waals surface area contributed by atoms with Crippen LogP contribution in [0.25, 0.3) is 11.5 Å². The van der Waals surface area contributed by atoms with Gasteiger partial charge in [-0.05, 0) is 25.5 Å². The van der Waals surface area contributed by atoms with Crippen molar-refractivity contribution in [1.29, 1.82) is 0 Å². The minimum atomic E-state index is -2.84. The highest BCUT2D eigenvalue weighted by Gasteiger charge is 2.48. The maximum atomic E-state index is 14.1. The monoisotopic (exact) mass is 528 g/mol. The zero-order valence-corrected chi connectivity index (χ0v) is 19.7. The average molecular weight is 529 g/mol. The Balaban J connectivity index is 1.38. The lowest BCUT2D eigenvalue weighted by atomic mass is 9.82. The van der Waals surface area contributed by atoms with E-state index >= 15 is 0 Å². The fourth-order valence-electron chi connectivity index (χ4n) is 4.74. The molecule has 5 aromatic rings. The fourth-order valence-corrected chi connectivity index (χ4v) is 4.98. The van der Waals surface area contributed by atoms with Crippen LogP contribution in [0.2, 0.25) is 5.02 Å². The van der Waals surface area contributed by atoms with E-state index in [1.807, 2.05) is 0 Å². The average Bonchev–Trinajstić information content (AvgIpc) is 3.64. The Morgan fingerprint density at radius 1 is 1.19 bits per heavy atom. The van der Waals surface area contributed by atoms with E-state index in [0.29, 0.717) is 21.6 Å². The summed E-state index contributed by atoms with van der Waals surface area (Å²) in [5, 5.41) is 18.9. The normalized spacial score (nSPS) is 19.0. The molecule has 1 amide bonds. The van der Waals surface area contributed by atoms with Gasteiger partial charge in [0.15, 0.2) is 11.5 Å². The van der Waals surface area contributed by atoms with E-state index in [-0.39, 0.29) is 28.6 Å². The number of hydrogen-bond donors (Lipinski definition) is 1. The van der Waals surface area contributed by atoms with E-state index in [9.17, 15) is 18.0 Å². The molecule has 0 aromatic carbocycles. The van der Waals surface area contributed by atoms with E-state index in [2.05, 4.69) is 35.7 Å². The summed E-state index contributed by atoms with van der Waals surface area (Å²) < 4.78 is 42.4. The Morgan fingerprint density at radius 3 is 2.68 bits per heavy atom. The van der Waals surface area contributed by atoms with Gasteiger partial charge in [-0.15, -0.1) is 9.90 Å². The van der Waals surface area contributed by atoms with Crippen LogP contribution in [0.15, 0.2) is 49.2 Å². The third kappa shape index (κ3) is 3.71. The molecule has 0 saturated heterocycles. The van der Waals surface area contributed by atoms with Crippen LogP contribution in [-0.2, 0) is 10.2 Å². The van der Waals surface area contributed by atoms with Crippen LogP contribution in [0, 0.1) is 5.95 Å². The lowest BCUT2D eigenvalue weighted by molar-refractivity contribution is -0.117. The van der Waals surface area contributed by atoms with Crippen molar-refractivity contribution in [3.05, 3.63) is 77.1 Å². The molecule has 0 bridgehead atoms. The number of nitrogens with one attached hydrogen (secondary N) is 1. The van der Waals surface area contributed by atoms with E-state index in [0.717, 1.165) is 12.3 Å². The Labute approximate surface area is 210 Å². The number of nitrogens with zero attached hydrogens (tertiary/aromatic N) is 9. The van der Waals surface area contributed by atoms with E-state index < -0.39 is 29.7 Å². The van der Waals surface area contributed by atoms with Crippen molar-refractivity contribution in [2.75, 3.05) is 5.32 Å². The van der Waals surface area contributed by atoms with Crippen LogP contribution >= 0.6 is 11.6 Å². The molecule has 5 heterocycles. The first-order valence-corrected chi connectivity index (χ1v) is 11.3. The van der Waals surface area contributed by atoms with Crippen molar-refractivity contribution in [2.24, 2.45) is 0 Å². The predicted octanol–water partition coefficient (Wildman–Crippen LogP) is 3.52. The van der Waals surface area contributed by atoms with Gasteiger partial charge in [0.1, 0.15) is 0 Å². The summed E-state index contributed by atoms with van der Waals surface area (Å²) in [5.74, 6) is -1.69. The first-order chi connectivity index (χ1) is 17.7. The molecule has 2 atom stereocenters. The summed E-state index contributed by atoms with van der Waals surface area (Å²) >= 11 is 6.32. The Morgan fingerprint density at radius 2 is 1.97 bits per heavy atom. The summed E-state index contributed by atoms with van der Waals surface area (Å²) in [6, 6.07) is 4.11. The number of carbonyl (C=O) groups is 1. The lowest BCUT2D eigenvalue weighted by Crippen LogP contribution is -2.26. The molecule has 0 aliphatic heterocycles. The maximum absolute atomic E-state index is 14.1. The van der Waals surface area contributed by atoms with Crippen LogP contribution in [0.1, 0.15) is 42.8 Å².